The van der Waals surface area contributed by atoms with Crippen LogP contribution in [0.5, 0.6) is 5.75 Å². The van der Waals surface area contributed by atoms with E-state index in [-0.39, 0.29) is 11.9 Å². The van der Waals surface area contributed by atoms with Crippen LogP contribution in [0.3, 0.4) is 0 Å². The van der Waals surface area contributed by atoms with Gasteiger partial charge in [-0.3, -0.25) is 0 Å². The van der Waals surface area contributed by atoms with E-state index in [1.807, 2.05) is 6.07 Å². The van der Waals surface area contributed by atoms with Crippen molar-refractivity contribution in [3.05, 3.63) is 65.0 Å². The van der Waals surface area contributed by atoms with Gasteiger partial charge in [-0.2, -0.15) is 0 Å². The molecule has 2 aliphatic rings. The number of hydrogen-bond donors (Lipinski definition) is 1. The van der Waals surface area contributed by atoms with Crippen LogP contribution >= 0.6 is 0 Å². The lowest BCUT2D eigenvalue weighted by atomic mass is 9.91. The summed E-state index contributed by atoms with van der Waals surface area (Å²) in [5.74, 6) is 0.885. The van der Waals surface area contributed by atoms with Gasteiger partial charge in [-0.05, 0) is 48.1 Å². The van der Waals surface area contributed by atoms with Crippen LogP contribution in [-0.4, -0.2) is 5.11 Å². The summed E-state index contributed by atoms with van der Waals surface area (Å²) in [6.07, 6.45) is 2.10. The van der Waals surface area contributed by atoms with Gasteiger partial charge in [0.2, 0.25) is 0 Å². The minimum Gasteiger partial charge on any atom is -0.485 e. The number of ether oxygens (including phenoxy) is 1. The van der Waals surface area contributed by atoms with Crippen LogP contribution < -0.4 is 4.74 Å². The van der Waals surface area contributed by atoms with Crippen molar-refractivity contribution in [3.63, 3.8) is 0 Å². The fourth-order valence-electron chi connectivity index (χ4n) is 3.18. The Morgan fingerprint density at radius 2 is 1.76 bits per heavy atom. The Bertz CT molecular complexity index is 679. The number of rotatable bonds is 2. The molecule has 1 saturated carbocycles. The van der Waals surface area contributed by atoms with Crippen molar-refractivity contribution in [2.75, 3.05) is 0 Å². The third-order valence-corrected chi connectivity index (χ3v) is 4.40. The molecule has 0 aromatic heterocycles. The fourth-order valence-corrected chi connectivity index (χ4v) is 3.18. The number of hydrogen-bond acceptors (Lipinski definition) is 2. The molecule has 0 spiro atoms. The number of aliphatic hydroxyl groups is 1. The minimum absolute atomic E-state index is 0.158. The standard InChI is InChI=1S/C18H17FO2/c19-12-7-8-17-15(9-12)16(20)10-18(21-17)14-4-2-1-3-13(14)11-5-6-11/h1-4,7-9,11,16,18,20H,5-6,10H2/t16-,18?/m0/s1. The van der Waals surface area contributed by atoms with Gasteiger partial charge in [-0.1, -0.05) is 24.3 Å². The molecule has 108 valence electrons. The van der Waals surface area contributed by atoms with E-state index in [1.165, 1.54) is 30.5 Å². The summed E-state index contributed by atoms with van der Waals surface area (Å²) < 4.78 is 19.3. The summed E-state index contributed by atoms with van der Waals surface area (Å²) >= 11 is 0. The molecule has 3 heteroatoms. The summed E-state index contributed by atoms with van der Waals surface area (Å²) in [6, 6.07) is 12.7. The smallest absolute Gasteiger partial charge is 0.127 e. The highest BCUT2D eigenvalue weighted by Gasteiger charge is 2.33. The van der Waals surface area contributed by atoms with Gasteiger partial charge in [-0.25, -0.2) is 4.39 Å². The van der Waals surface area contributed by atoms with Gasteiger partial charge < -0.3 is 9.84 Å². The number of fused-ring (bicyclic) bond motifs is 1. The van der Waals surface area contributed by atoms with Crippen LogP contribution in [0.25, 0.3) is 0 Å². The number of aliphatic hydroxyl groups excluding tert-OH is 1. The summed E-state index contributed by atoms with van der Waals surface area (Å²) in [5, 5.41) is 10.3. The molecule has 1 unspecified atom stereocenters. The molecular formula is C18H17FO2. The molecular weight excluding hydrogens is 267 g/mol. The highest BCUT2D eigenvalue weighted by molar-refractivity contribution is 5.41. The van der Waals surface area contributed by atoms with E-state index in [4.69, 9.17) is 4.74 Å². The van der Waals surface area contributed by atoms with Crippen molar-refractivity contribution in [1.29, 1.82) is 0 Å². The normalized spacial score (nSPS) is 24.3. The predicted octanol–water partition coefficient (Wildman–Crippen LogP) is 4.26. The number of benzene rings is 2. The Kier molecular flexibility index (Phi) is 2.96. The minimum atomic E-state index is -0.679. The Labute approximate surface area is 123 Å². The molecule has 4 rings (SSSR count). The van der Waals surface area contributed by atoms with Crippen molar-refractivity contribution >= 4 is 0 Å². The van der Waals surface area contributed by atoms with Crippen LogP contribution in [0.1, 0.15) is 54.1 Å². The van der Waals surface area contributed by atoms with Gasteiger partial charge in [0.05, 0.1) is 6.10 Å². The first-order valence-electron chi connectivity index (χ1n) is 7.45. The van der Waals surface area contributed by atoms with Crippen molar-refractivity contribution in [2.24, 2.45) is 0 Å². The summed E-state index contributed by atoms with van der Waals surface area (Å²) in [7, 11) is 0. The lowest BCUT2D eigenvalue weighted by Gasteiger charge is -2.31. The second-order valence-electron chi connectivity index (χ2n) is 5.94. The molecule has 1 fully saturated rings. The maximum atomic E-state index is 13.3. The summed E-state index contributed by atoms with van der Waals surface area (Å²) in [6.45, 7) is 0. The first kappa shape index (κ1) is 12.8. The molecule has 0 saturated heterocycles. The Morgan fingerprint density at radius 3 is 2.52 bits per heavy atom. The first-order valence-corrected chi connectivity index (χ1v) is 7.45. The second-order valence-corrected chi connectivity index (χ2v) is 5.94. The van der Waals surface area contributed by atoms with E-state index in [2.05, 4.69) is 18.2 Å². The molecule has 0 amide bonds. The van der Waals surface area contributed by atoms with E-state index < -0.39 is 6.10 Å². The lowest BCUT2D eigenvalue weighted by molar-refractivity contribution is 0.0649. The zero-order chi connectivity index (χ0) is 14.4. The second kappa shape index (κ2) is 4.85. The van der Waals surface area contributed by atoms with E-state index >= 15 is 0 Å². The third kappa shape index (κ3) is 2.32. The van der Waals surface area contributed by atoms with Crippen molar-refractivity contribution in [2.45, 2.75) is 37.4 Å². The number of halogens is 1. The molecule has 0 radical (unpaired) electrons. The van der Waals surface area contributed by atoms with Crippen molar-refractivity contribution in [1.82, 2.24) is 0 Å². The third-order valence-electron chi connectivity index (χ3n) is 4.40. The molecule has 1 aliphatic heterocycles. The predicted molar refractivity (Wildman–Crippen MR) is 77.8 cm³/mol. The zero-order valence-corrected chi connectivity index (χ0v) is 11.6. The SMILES string of the molecule is O[C@H]1CC(c2ccccc2C2CC2)Oc2ccc(F)cc21. The molecule has 21 heavy (non-hydrogen) atoms. The van der Waals surface area contributed by atoms with E-state index in [9.17, 15) is 9.50 Å². The summed E-state index contributed by atoms with van der Waals surface area (Å²) in [4.78, 5) is 0. The highest BCUT2D eigenvalue weighted by atomic mass is 19.1. The molecule has 2 aromatic carbocycles. The van der Waals surface area contributed by atoms with Gasteiger partial charge in [0.25, 0.3) is 0 Å². The topological polar surface area (TPSA) is 29.5 Å². The van der Waals surface area contributed by atoms with Gasteiger partial charge in [-0.15, -0.1) is 0 Å². The fraction of sp³-hybridized carbons (Fsp3) is 0.333. The maximum Gasteiger partial charge on any atom is 0.127 e. The van der Waals surface area contributed by atoms with Crippen LogP contribution in [-0.2, 0) is 0 Å². The zero-order valence-electron chi connectivity index (χ0n) is 11.6. The Hall–Kier alpha value is -1.87. The largest absolute Gasteiger partial charge is 0.485 e. The molecule has 1 N–H and O–H groups in total. The quantitative estimate of drug-likeness (QED) is 0.892. The maximum absolute atomic E-state index is 13.3. The molecule has 1 heterocycles. The molecule has 1 aliphatic carbocycles. The van der Waals surface area contributed by atoms with Crippen LogP contribution in [0.2, 0.25) is 0 Å². The summed E-state index contributed by atoms with van der Waals surface area (Å²) in [5.41, 5.74) is 3.05. The van der Waals surface area contributed by atoms with Crippen molar-refractivity contribution in [3.8, 4) is 5.75 Å². The van der Waals surface area contributed by atoms with Crippen LogP contribution in [0, 0.1) is 5.82 Å². The Morgan fingerprint density at radius 1 is 1.00 bits per heavy atom. The van der Waals surface area contributed by atoms with Gasteiger partial charge in [0.1, 0.15) is 17.7 Å². The monoisotopic (exact) mass is 284 g/mol. The van der Waals surface area contributed by atoms with E-state index in [1.54, 1.807) is 6.07 Å². The van der Waals surface area contributed by atoms with Crippen LogP contribution in [0.4, 0.5) is 4.39 Å². The van der Waals surface area contributed by atoms with Gasteiger partial charge >= 0.3 is 0 Å². The average Bonchev–Trinajstić information content (AvgIpc) is 3.32. The molecule has 2 nitrogen and oxygen atoms in total. The van der Waals surface area contributed by atoms with Crippen molar-refractivity contribution < 1.29 is 14.2 Å². The molecule has 2 aromatic rings. The van der Waals surface area contributed by atoms with Gasteiger partial charge in [0, 0.05) is 12.0 Å². The lowest BCUT2D eigenvalue weighted by Crippen LogP contribution is -2.20. The highest BCUT2D eigenvalue weighted by Crippen LogP contribution is 2.47. The molecule has 0 bridgehead atoms. The van der Waals surface area contributed by atoms with E-state index in [0.717, 1.165) is 5.56 Å². The first-order chi connectivity index (χ1) is 10.2. The average molecular weight is 284 g/mol. The molecule has 2 atom stereocenters. The van der Waals surface area contributed by atoms with Crippen LogP contribution in [0.15, 0.2) is 42.5 Å². The van der Waals surface area contributed by atoms with Gasteiger partial charge in [0.15, 0.2) is 0 Å². The Balaban J connectivity index is 1.71. The van der Waals surface area contributed by atoms with E-state index in [0.29, 0.717) is 23.7 Å².